The van der Waals surface area contributed by atoms with Gasteiger partial charge in [-0.3, -0.25) is 4.79 Å². The Morgan fingerprint density at radius 1 is 0.971 bits per heavy atom. The SMILES string of the molecule is COc1ccc(N2CCCN(C(=O)c3nc(-c4cccs4)n(-c4ccc(F)cc4)n3)CC2)cc1. The van der Waals surface area contributed by atoms with Crippen molar-refractivity contribution in [1.29, 1.82) is 0 Å². The number of thiophene rings is 1. The molecule has 2 aromatic carbocycles. The van der Waals surface area contributed by atoms with Crippen LogP contribution in [0.15, 0.2) is 66.0 Å². The fourth-order valence-electron chi connectivity index (χ4n) is 4.04. The number of halogens is 1. The Kier molecular flexibility index (Phi) is 6.27. The first-order valence-corrected chi connectivity index (χ1v) is 12.0. The first kappa shape index (κ1) is 22.1. The van der Waals surface area contributed by atoms with E-state index in [-0.39, 0.29) is 17.5 Å². The normalized spacial score (nSPS) is 14.2. The summed E-state index contributed by atoms with van der Waals surface area (Å²) in [4.78, 5) is 23.0. The van der Waals surface area contributed by atoms with Gasteiger partial charge in [-0.1, -0.05) is 6.07 Å². The summed E-state index contributed by atoms with van der Waals surface area (Å²) >= 11 is 1.51. The van der Waals surface area contributed by atoms with E-state index in [1.54, 1.807) is 23.9 Å². The second kappa shape index (κ2) is 9.64. The molecule has 4 aromatic rings. The Labute approximate surface area is 201 Å². The predicted octanol–water partition coefficient (Wildman–Crippen LogP) is 4.50. The number of methoxy groups -OCH3 is 1. The van der Waals surface area contributed by atoms with Crippen LogP contribution in [0, 0.1) is 5.82 Å². The molecule has 1 aliphatic rings. The third-order valence-corrected chi connectivity index (χ3v) is 6.70. The molecule has 0 aliphatic carbocycles. The average Bonchev–Trinajstić information content (AvgIpc) is 3.49. The minimum absolute atomic E-state index is 0.144. The van der Waals surface area contributed by atoms with Gasteiger partial charge >= 0.3 is 0 Å². The van der Waals surface area contributed by atoms with Gasteiger partial charge in [-0.2, -0.15) is 0 Å². The zero-order chi connectivity index (χ0) is 23.5. The van der Waals surface area contributed by atoms with E-state index >= 15 is 0 Å². The number of carbonyl (C=O) groups excluding carboxylic acids is 1. The lowest BCUT2D eigenvalue weighted by Crippen LogP contribution is -2.35. The van der Waals surface area contributed by atoms with Gasteiger partial charge in [0.25, 0.3) is 5.91 Å². The molecule has 0 saturated carbocycles. The zero-order valence-corrected chi connectivity index (χ0v) is 19.5. The van der Waals surface area contributed by atoms with Gasteiger partial charge in [-0.15, -0.1) is 16.4 Å². The largest absolute Gasteiger partial charge is 0.497 e. The molecule has 174 valence electrons. The van der Waals surface area contributed by atoms with Crippen molar-refractivity contribution in [1.82, 2.24) is 19.7 Å². The predicted molar refractivity (Wildman–Crippen MR) is 130 cm³/mol. The molecule has 1 aliphatic heterocycles. The number of benzene rings is 2. The van der Waals surface area contributed by atoms with Crippen LogP contribution in [0.25, 0.3) is 16.4 Å². The van der Waals surface area contributed by atoms with Crippen molar-refractivity contribution >= 4 is 22.9 Å². The highest BCUT2D eigenvalue weighted by molar-refractivity contribution is 7.13. The average molecular weight is 478 g/mol. The molecule has 0 spiro atoms. The highest BCUT2D eigenvalue weighted by atomic mass is 32.1. The van der Waals surface area contributed by atoms with Crippen LogP contribution in [0.3, 0.4) is 0 Å². The molecule has 3 heterocycles. The number of amides is 1. The summed E-state index contributed by atoms with van der Waals surface area (Å²) in [6.45, 7) is 2.78. The molecule has 1 amide bonds. The van der Waals surface area contributed by atoms with Gasteiger partial charge < -0.3 is 14.5 Å². The first-order valence-electron chi connectivity index (χ1n) is 11.1. The third-order valence-electron chi connectivity index (χ3n) is 5.83. The molecule has 1 saturated heterocycles. The molecule has 0 N–H and O–H groups in total. The summed E-state index contributed by atoms with van der Waals surface area (Å²) in [6, 6.07) is 17.8. The summed E-state index contributed by atoms with van der Waals surface area (Å²) in [7, 11) is 1.65. The van der Waals surface area contributed by atoms with Gasteiger partial charge in [0.2, 0.25) is 5.82 Å². The fourth-order valence-corrected chi connectivity index (χ4v) is 4.74. The standard InChI is InChI=1S/C25H24FN5O2S/c1-33-21-11-9-19(10-12-21)29-13-3-14-30(16-15-29)25(32)23-27-24(22-4-2-17-34-22)31(28-23)20-7-5-18(26)6-8-20/h2,4-12,17H,3,13-16H2,1H3. The minimum Gasteiger partial charge on any atom is -0.497 e. The van der Waals surface area contributed by atoms with Crippen LogP contribution in [-0.4, -0.2) is 58.9 Å². The van der Waals surface area contributed by atoms with Crippen LogP contribution in [0.5, 0.6) is 5.75 Å². The minimum atomic E-state index is -0.330. The van der Waals surface area contributed by atoms with E-state index in [0.29, 0.717) is 31.1 Å². The summed E-state index contributed by atoms with van der Waals surface area (Å²) in [6.07, 6.45) is 0.841. The van der Waals surface area contributed by atoms with Gasteiger partial charge in [0.1, 0.15) is 11.6 Å². The van der Waals surface area contributed by atoms with Crippen molar-refractivity contribution in [3.63, 3.8) is 0 Å². The molecule has 7 nitrogen and oxygen atoms in total. The van der Waals surface area contributed by atoms with Crippen LogP contribution < -0.4 is 9.64 Å². The summed E-state index contributed by atoms with van der Waals surface area (Å²) in [5.41, 5.74) is 1.76. The Balaban J connectivity index is 1.37. The van der Waals surface area contributed by atoms with Gasteiger partial charge in [0.15, 0.2) is 5.82 Å². The number of carbonyl (C=O) groups is 1. The number of aromatic nitrogens is 3. The molecule has 9 heteroatoms. The number of hydrogen-bond donors (Lipinski definition) is 0. The number of rotatable bonds is 5. The van der Waals surface area contributed by atoms with E-state index in [0.717, 1.165) is 29.3 Å². The second-order valence-corrected chi connectivity index (χ2v) is 8.90. The first-order chi connectivity index (χ1) is 16.6. The van der Waals surface area contributed by atoms with Crippen molar-refractivity contribution < 1.29 is 13.9 Å². The number of hydrogen-bond acceptors (Lipinski definition) is 6. The molecule has 34 heavy (non-hydrogen) atoms. The van der Waals surface area contributed by atoms with Crippen molar-refractivity contribution in [2.45, 2.75) is 6.42 Å². The van der Waals surface area contributed by atoms with Crippen molar-refractivity contribution in [2.75, 3.05) is 38.2 Å². The van der Waals surface area contributed by atoms with Crippen LogP contribution in [0.2, 0.25) is 0 Å². The third kappa shape index (κ3) is 4.51. The van der Waals surface area contributed by atoms with Crippen LogP contribution in [0.4, 0.5) is 10.1 Å². The Bertz CT molecular complexity index is 1260. The zero-order valence-electron chi connectivity index (χ0n) is 18.7. The maximum absolute atomic E-state index is 13.5. The lowest BCUT2D eigenvalue weighted by Gasteiger charge is -2.23. The van der Waals surface area contributed by atoms with E-state index in [2.05, 4.69) is 15.0 Å². The molecule has 0 atom stereocenters. The molecule has 5 rings (SSSR count). The lowest BCUT2D eigenvalue weighted by atomic mass is 10.2. The number of nitrogens with zero attached hydrogens (tertiary/aromatic N) is 5. The second-order valence-electron chi connectivity index (χ2n) is 7.96. The van der Waals surface area contributed by atoms with Gasteiger partial charge in [-0.05, 0) is 66.4 Å². The molecule has 1 fully saturated rings. The lowest BCUT2D eigenvalue weighted by molar-refractivity contribution is 0.0755. The van der Waals surface area contributed by atoms with Gasteiger partial charge in [0.05, 0.1) is 17.7 Å². The monoisotopic (exact) mass is 477 g/mol. The van der Waals surface area contributed by atoms with Crippen molar-refractivity contribution in [2.24, 2.45) is 0 Å². The number of ether oxygens (including phenoxy) is 1. The molecular weight excluding hydrogens is 453 g/mol. The molecule has 0 bridgehead atoms. The van der Waals surface area contributed by atoms with Crippen LogP contribution >= 0.6 is 11.3 Å². The summed E-state index contributed by atoms with van der Waals surface area (Å²) in [5, 5.41) is 6.49. The Morgan fingerprint density at radius 2 is 1.74 bits per heavy atom. The Morgan fingerprint density at radius 3 is 2.44 bits per heavy atom. The maximum Gasteiger partial charge on any atom is 0.293 e. The van der Waals surface area contributed by atoms with E-state index in [4.69, 9.17) is 4.74 Å². The quantitative estimate of drug-likeness (QED) is 0.424. The topological polar surface area (TPSA) is 63.5 Å². The smallest absolute Gasteiger partial charge is 0.293 e. The fraction of sp³-hybridized carbons (Fsp3) is 0.240. The van der Waals surface area contributed by atoms with Gasteiger partial charge in [0, 0.05) is 31.9 Å². The molecule has 0 radical (unpaired) electrons. The summed E-state index contributed by atoms with van der Waals surface area (Å²) in [5.74, 6) is 1.00. The van der Waals surface area contributed by atoms with Crippen LogP contribution in [-0.2, 0) is 0 Å². The Hall–Kier alpha value is -3.72. The van der Waals surface area contributed by atoms with Crippen molar-refractivity contribution in [3.8, 4) is 22.1 Å². The van der Waals surface area contributed by atoms with Crippen molar-refractivity contribution in [3.05, 3.63) is 77.7 Å². The van der Waals surface area contributed by atoms with E-state index in [1.807, 2.05) is 46.7 Å². The highest BCUT2D eigenvalue weighted by Crippen LogP contribution is 2.26. The van der Waals surface area contributed by atoms with E-state index in [9.17, 15) is 9.18 Å². The number of anilines is 1. The van der Waals surface area contributed by atoms with Gasteiger partial charge in [-0.25, -0.2) is 14.1 Å². The van der Waals surface area contributed by atoms with E-state index in [1.165, 1.54) is 23.5 Å². The summed E-state index contributed by atoms with van der Waals surface area (Å²) < 4.78 is 20.3. The maximum atomic E-state index is 13.5. The molecular formula is C25H24FN5O2S. The molecule has 0 unspecified atom stereocenters. The molecule has 2 aromatic heterocycles. The van der Waals surface area contributed by atoms with E-state index < -0.39 is 0 Å². The van der Waals surface area contributed by atoms with Crippen LogP contribution in [0.1, 0.15) is 17.0 Å². The highest BCUT2D eigenvalue weighted by Gasteiger charge is 2.26.